The number of hydrogen-bond donors (Lipinski definition) is 1. The second-order valence-electron chi connectivity index (χ2n) is 3.85. The molecule has 0 saturated heterocycles. The first-order chi connectivity index (χ1) is 8.28. The van der Waals surface area contributed by atoms with Gasteiger partial charge in [-0.1, -0.05) is 18.5 Å². The van der Waals surface area contributed by atoms with Crippen molar-refractivity contribution in [1.29, 1.82) is 0 Å². The monoisotopic (exact) mass is 285 g/mol. The molecule has 2 aromatic rings. The fourth-order valence-electron chi connectivity index (χ4n) is 1.62. The van der Waals surface area contributed by atoms with Crippen molar-refractivity contribution < 1.29 is 0 Å². The summed E-state index contributed by atoms with van der Waals surface area (Å²) in [6, 6.07) is 8.52. The zero-order chi connectivity index (χ0) is 12.1. The molecule has 0 unspecified atom stereocenters. The van der Waals surface area contributed by atoms with E-state index in [0.717, 1.165) is 30.3 Å². The van der Waals surface area contributed by atoms with Gasteiger partial charge in [0.2, 0.25) is 0 Å². The van der Waals surface area contributed by atoms with Crippen LogP contribution in [0.2, 0.25) is 4.34 Å². The molecule has 2 rings (SSSR count). The second kappa shape index (κ2) is 6.55. The van der Waals surface area contributed by atoms with Gasteiger partial charge in [-0.2, -0.15) is 0 Å². The minimum absolute atomic E-state index is 0.880. The van der Waals surface area contributed by atoms with Gasteiger partial charge in [0.15, 0.2) is 0 Å². The smallest absolute Gasteiger partial charge is 0.0931 e. The van der Waals surface area contributed by atoms with Crippen LogP contribution in [-0.4, -0.2) is 6.54 Å². The predicted octanol–water partition coefficient (Wildman–Crippen LogP) is 4.36. The average Bonchev–Trinajstić information content (AvgIpc) is 2.93. The molecule has 0 amide bonds. The van der Waals surface area contributed by atoms with E-state index in [0.29, 0.717) is 0 Å². The third-order valence-electron chi connectivity index (χ3n) is 2.54. The first kappa shape index (κ1) is 13.1. The highest BCUT2D eigenvalue weighted by molar-refractivity contribution is 7.16. The molecule has 2 heterocycles. The van der Waals surface area contributed by atoms with E-state index in [9.17, 15) is 0 Å². The summed E-state index contributed by atoms with van der Waals surface area (Å²) in [6.45, 7) is 4.18. The van der Waals surface area contributed by atoms with Crippen molar-refractivity contribution in [1.82, 2.24) is 5.32 Å². The van der Waals surface area contributed by atoms with Gasteiger partial charge >= 0.3 is 0 Å². The topological polar surface area (TPSA) is 12.0 Å². The average molecular weight is 286 g/mol. The molecule has 0 radical (unpaired) electrons. The Labute approximate surface area is 115 Å². The minimum Gasteiger partial charge on any atom is -0.311 e. The van der Waals surface area contributed by atoms with Crippen LogP contribution in [0.1, 0.15) is 21.6 Å². The summed E-state index contributed by atoms with van der Waals surface area (Å²) in [5, 5.41) is 3.47. The maximum absolute atomic E-state index is 5.89. The highest BCUT2D eigenvalue weighted by Crippen LogP contribution is 2.21. The molecule has 0 fully saturated rings. The molecule has 0 aliphatic heterocycles. The number of rotatable bonds is 6. The van der Waals surface area contributed by atoms with Crippen LogP contribution in [0.25, 0.3) is 0 Å². The molecule has 0 saturated carbocycles. The molecule has 92 valence electrons. The molecule has 2 aromatic heterocycles. The lowest BCUT2D eigenvalue weighted by molar-refractivity contribution is 0.697. The van der Waals surface area contributed by atoms with Crippen molar-refractivity contribution in [3.05, 3.63) is 43.2 Å². The van der Waals surface area contributed by atoms with Gasteiger partial charge in [-0.05, 0) is 37.1 Å². The molecule has 0 aliphatic carbocycles. The van der Waals surface area contributed by atoms with Gasteiger partial charge in [-0.3, -0.25) is 0 Å². The molecule has 4 heteroatoms. The van der Waals surface area contributed by atoms with Crippen LogP contribution in [0.3, 0.4) is 0 Å². The third kappa shape index (κ3) is 4.11. The van der Waals surface area contributed by atoms with Gasteiger partial charge in [0, 0.05) is 27.7 Å². The van der Waals surface area contributed by atoms with E-state index in [1.165, 1.54) is 14.6 Å². The quantitative estimate of drug-likeness (QED) is 0.778. The number of aryl methyl sites for hydroxylation is 1. The van der Waals surface area contributed by atoms with Crippen LogP contribution in [0.5, 0.6) is 0 Å². The molecule has 0 bridgehead atoms. The van der Waals surface area contributed by atoms with Crippen molar-refractivity contribution in [2.75, 3.05) is 6.54 Å². The summed E-state index contributed by atoms with van der Waals surface area (Å²) in [5.41, 5.74) is 0. The first-order valence-corrected chi connectivity index (χ1v) is 7.81. The van der Waals surface area contributed by atoms with Crippen molar-refractivity contribution in [3.8, 4) is 0 Å². The lowest BCUT2D eigenvalue weighted by Gasteiger charge is -2.01. The van der Waals surface area contributed by atoms with E-state index in [-0.39, 0.29) is 0 Å². The highest BCUT2D eigenvalue weighted by Gasteiger charge is 2.00. The molecule has 0 spiro atoms. The van der Waals surface area contributed by atoms with Gasteiger partial charge in [0.1, 0.15) is 0 Å². The van der Waals surface area contributed by atoms with E-state index in [1.807, 2.05) is 17.4 Å². The normalized spacial score (nSPS) is 10.9. The van der Waals surface area contributed by atoms with E-state index >= 15 is 0 Å². The fraction of sp³-hybridized carbons (Fsp3) is 0.385. The lowest BCUT2D eigenvalue weighted by Crippen LogP contribution is -2.15. The molecule has 0 aromatic carbocycles. The first-order valence-electron chi connectivity index (χ1n) is 5.80. The van der Waals surface area contributed by atoms with Crippen LogP contribution in [0.15, 0.2) is 24.3 Å². The van der Waals surface area contributed by atoms with E-state index in [4.69, 9.17) is 11.6 Å². The van der Waals surface area contributed by atoms with Crippen molar-refractivity contribution >= 4 is 34.3 Å². The molecule has 1 nitrogen and oxygen atoms in total. The van der Waals surface area contributed by atoms with Crippen LogP contribution in [0, 0.1) is 0 Å². The summed E-state index contributed by atoms with van der Waals surface area (Å²) < 4.78 is 0.880. The highest BCUT2D eigenvalue weighted by atomic mass is 35.5. The molecular formula is C13H16ClNS2. The Morgan fingerprint density at radius 3 is 2.47 bits per heavy atom. The molecule has 17 heavy (non-hydrogen) atoms. The summed E-state index contributed by atoms with van der Waals surface area (Å²) in [6.07, 6.45) is 2.20. The Balaban J connectivity index is 1.69. The summed E-state index contributed by atoms with van der Waals surface area (Å²) >= 11 is 9.46. The summed E-state index contributed by atoms with van der Waals surface area (Å²) in [7, 11) is 0. The molecular weight excluding hydrogens is 270 g/mol. The van der Waals surface area contributed by atoms with Gasteiger partial charge in [-0.15, -0.1) is 22.7 Å². The Bertz CT molecular complexity index is 461. The largest absolute Gasteiger partial charge is 0.311 e. The lowest BCUT2D eigenvalue weighted by atomic mass is 10.3. The summed E-state index contributed by atoms with van der Waals surface area (Å²) in [4.78, 5) is 4.24. The molecule has 1 N–H and O–H groups in total. The van der Waals surface area contributed by atoms with Crippen LogP contribution >= 0.6 is 34.3 Å². The van der Waals surface area contributed by atoms with E-state index in [2.05, 4.69) is 30.4 Å². The van der Waals surface area contributed by atoms with Gasteiger partial charge in [0.05, 0.1) is 4.34 Å². The maximum atomic E-state index is 5.89. The number of nitrogens with one attached hydrogen (secondary N) is 1. The maximum Gasteiger partial charge on any atom is 0.0931 e. The Kier molecular flexibility index (Phi) is 5.04. The van der Waals surface area contributed by atoms with E-state index < -0.39 is 0 Å². The minimum atomic E-state index is 0.880. The van der Waals surface area contributed by atoms with Crippen LogP contribution in [-0.2, 0) is 19.4 Å². The standard InChI is InChI=1S/C13H16ClNS2/c1-2-10-3-4-12(16-10)9-15-8-7-11-5-6-13(14)17-11/h3-6,15H,2,7-9H2,1H3. The van der Waals surface area contributed by atoms with E-state index in [1.54, 1.807) is 11.3 Å². The van der Waals surface area contributed by atoms with Gasteiger partial charge < -0.3 is 5.32 Å². The Morgan fingerprint density at radius 1 is 1.06 bits per heavy atom. The fourth-order valence-corrected chi connectivity index (χ4v) is 3.63. The van der Waals surface area contributed by atoms with Crippen LogP contribution in [0.4, 0.5) is 0 Å². The second-order valence-corrected chi connectivity index (χ2v) is 6.91. The number of hydrogen-bond acceptors (Lipinski definition) is 3. The number of halogens is 1. The van der Waals surface area contributed by atoms with Gasteiger partial charge in [0.25, 0.3) is 0 Å². The zero-order valence-electron chi connectivity index (χ0n) is 9.83. The van der Waals surface area contributed by atoms with Gasteiger partial charge in [-0.25, -0.2) is 0 Å². The predicted molar refractivity (Wildman–Crippen MR) is 78.4 cm³/mol. The zero-order valence-corrected chi connectivity index (χ0v) is 12.2. The Hall–Kier alpha value is -0.350. The summed E-state index contributed by atoms with van der Waals surface area (Å²) in [5.74, 6) is 0. The number of thiophene rings is 2. The molecule has 0 atom stereocenters. The third-order valence-corrected chi connectivity index (χ3v) is 5.06. The van der Waals surface area contributed by atoms with Crippen molar-refractivity contribution in [2.45, 2.75) is 26.3 Å². The van der Waals surface area contributed by atoms with Crippen LogP contribution < -0.4 is 5.32 Å². The molecule has 0 aliphatic rings. The van der Waals surface area contributed by atoms with Crippen molar-refractivity contribution in [3.63, 3.8) is 0 Å². The van der Waals surface area contributed by atoms with Crippen molar-refractivity contribution in [2.24, 2.45) is 0 Å². The Morgan fingerprint density at radius 2 is 1.82 bits per heavy atom. The SMILES string of the molecule is CCc1ccc(CNCCc2ccc(Cl)s2)s1.